The second kappa shape index (κ2) is 4.25. The van der Waals surface area contributed by atoms with Crippen molar-refractivity contribution in [1.82, 2.24) is 0 Å². The van der Waals surface area contributed by atoms with E-state index in [1.54, 1.807) is 0 Å². The molecule has 1 rings (SSSR count). The molecule has 14 heteroatoms. The van der Waals surface area contributed by atoms with Crippen LogP contribution in [0, 0.1) is 0 Å². The average molecular weight is 344 g/mol. The fraction of sp³-hybridized carbons (Fsp3) is 0.714. The molecule has 0 aromatic rings. The number of ether oxygens (including phenoxy) is 2. The SMILES string of the molecule is FC(F)(F)C1=C(C(F)(F)F)OC(C(F)(F)F)(C(F)(F)F)O1. The van der Waals surface area contributed by atoms with Crippen LogP contribution in [0.15, 0.2) is 11.5 Å². The van der Waals surface area contributed by atoms with Crippen LogP contribution in [-0.4, -0.2) is 30.5 Å². The van der Waals surface area contributed by atoms with Gasteiger partial charge in [-0.3, -0.25) is 0 Å². The first-order valence-electron chi connectivity index (χ1n) is 4.33. The number of halogens is 12. The summed E-state index contributed by atoms with van der Waals surface area (Å²) in [5.74, 6) is -13.2. The highest BCUT2D eigenvalue weighted by Gasteiger charge is 2.82. The quantitative estimate of drug-likeness (QED) is 0.614. The van der Waals surface area contributed by atoms with E-state index >= 15 is 0 Å². The molecule has 0 spiro atoms. The lowest BCUT2D eigenvalue weighted by atomic mass is 10.2. The molecule has 0 saturated heterocycles. The molecule has 1 aliphatic rings. The molecule has 21 heavy (non-hydrogen) atoms. The van der Waals surface area contributed by atoms with Crippen LogP contribution in [0.4, 0.5) is 52.7 Å². The Balaban J connectivity index is 3.51. The summed E-state index contributed by atoms with van der Waals surface area (Å²) in [6, 6.07) is 0. The molecule has 1 heterocycles. The smallest absolute Gasteiger partial charge is 0.429 e. The predicted octanol–water partition coefficient (Wildman–Crippen LogP) is 4.19. The standard InChI is InChI=1S/C7F12O2/c8-3(9,10)1-2(4(11,12)13)21-5(20-1,6(14,15)16)7(17,18)19. The molecule has 0 unspecified atom stereocenters. The fourth-order valence-corrected chi connectivity index (χ4v) is 1.17. The second-order valence-electron chi connectivity index (χ2n) is 3.47. The van der Waals surface area contributed by atoms with E-state index in [1.165, 1.54) is 0 Å². The number of alkyl halides is 12. The zero-order valence-electron chi connectivity index (χ0n) is 8.85. The van der Waals surface area contributed by atoms with Gasteiger partial charge in [-0.25, -0.2) is 0 Å². The van der Waals surface area contributed by atoms with Gasteiger partial charge in [0.2, 0.25) is 0 Å². The maximum Gasteiger partial charge on any atom is 0.478 e. The normalized spacial score (nSPS) is 20.4. The van der Waals surface area contributed by atoms with Crippen molar-refractivity contribution in [3.8, 4) is 0 Å². The fourth-order valence-electron chi connectivity index (χ4n) is 1.17. The van der Waals surface area contributed by atoms with Gasteiger partial charge in [0.25, 0.3) is 11.5 Å². The van der Waals surface area contributed by atoms with Crippen molar-refractivity contribution in [2.24, 2.45) is 0 Å². The minimum absolute atomic E-state index is 2.54. The van der Waals surface area contributed by atoms with Crippen molar-refractivity contribution in [3.63, 3.8) is 0 Å². The Kier molecular flexibility index (Phi) is 3.55. The highest BCUT2D eigenvalue weighted by molar-refractivity contribution is 5.20. The van der Waals surface area contributed by atoms with E-state index in [2.05, 4.69) is 9.47 Å². The minimum atomic E-state index is -6.76. The number of allylic oxidation sites excluding steroid dienone is 2. The molecule has 0 amide bonds. The summed E-state index contributed by atoms with van der Waals surface area (Å²) >= 11 is 0. The van der Waals surface area contributed by atoms with Crippen LogP contribution < -0.4 is 0 Å². The Morgan fingerprint density at radius 2 is 0.762 bits per heavy atom. The maximum absolute atomic E-state index is 12.3. The molecule has 124 valence electrons. The lowest BCUT2D eigenvalue weighted by Gasteiger charge is -2.31. The van der Waals surface area contributed by atoms with Crippen LogP contribution in [0.2, 0.25) is 0 Å². The van der Waals surface area contributed by atoms with Crippen LogP contribution in [0.5, 0.6) is 0 Å². The van der Waals surface area contributed by atoms with Crippen LogP contribution in [-0.2, 0) is 9.47 Å². The zero-order valence-corrected chi connectivity index (χ0v) is 8.85. The summed E-state index contributed by atoms with van der Waals surface area (Å²) < 4.78 is 152. The molecule has 0 bridgehead atoms. The molecule has 0 aliphatic carbocycles. The van der Waals surface area contributed by atoms with Gasteiger partial charge < -0.3 is 9.47 Å². The van der Waals surface area contributed by atoms with Gasteiger partial charge in [0.15, 0.2) is 0 Å². The van der Waals surface area contributed by atoms with Crippen LogP contribution in [0.1, 0.15) is 0 Å². The first-order valence-corrected chi connectivity index (χ1v) is 4.33. The van der Waals surface area contributed by atoms with E-state index in [0.717, 1.165) is 0 Å². The van der Waals surface area contributed by atoms with Gasteiger partial charge in [-0.05, 0) is 0 Å². The summed E-state index contributed by atoms with van der Waals surface area (Å²) in [4.78, 5) is 0. The van der Waals surface area contributed by atoms with Crippen molar-refractivity contribution in [2.75, 3.05) is 0 Å². The van der Waals surface area contributed by atoms with Gasteiger partial charge in [0.05, 0.1) is 0 Å². The van der Waals surface area contributed by atoms with Crippen LogP contribution in [0.3, 0.4) is 0 Å². The predicted molar refractivity (Wildman–Crippen MR) is 36.1 cm³/mol. The van der Waals surface area contributed by atoms with Crippen molar-refractivity contribution >= 4 is 0 Å². The third-order valence-corrected chi connectivity index (χ3v) is 1.96. The van der Waals surface area contributed by atoms with E-state index in [0.29, 0.717) is 0 Å². The second-order valence-corrected chi connectivity index (χ2v) is 3.47. The van der Waals surface area contributed by atoms with Crippen molar-refractivity contribution in [2.45, 2.75) is 30.5 Å². The van der Waals surface area contributed by atoms with Gasteiger partial charge in [-0.15, -0.1) is 0 Å². The molecule has 0 aromatic heterocycles. The molecule has 0 atom stereocenters. The number of hydrogen-bond acceptors (Lipinski definition) is 2. The van der Waals surface area contributed by atoms with Gasteiger partial charge in [0.1, 0.15) is 0 Å². The molecule has 2 nitrogen and oxygen atoms in total. The Morgan fingerprint density at radius 1 is 0.524 bits per heavy atom. The minimum Gasteiger partial charge on any atom is -0.429 e. The maximum atomic E-state index is 12.3. The number of hydrogen-bond donors (Lipinski definition) is 0. The first kappa shape index (κ1) is 17.6. The third kappa shape index (κ3) is 2.79. The largest absolute Gasteiger partial charge is 0.478 e. The van der Waals surface area contributed by atoms with E-state index in [1.807, 2.05) is 0 Å². The van der Waals surface area contributed by atoms with Crippen molar-refractivity contribution in [3.05, 3.63) is 11.5 Å². The van der Waals surface area contributed by atoms with Crippen molar-refractivity contribution in [1.29, 1.82) is 0 Å². The monoisotopic (exact) mass is 344 g/mol. The Hall–Kier alpha value is -1.50. The van der Waals surface area contributed by atoms with E-state index in [4.69, 9.17) is 0 Å². The van der Waals surface area contributed by atoms with E-state index in [9.17, 15) is 52.7 Å². The Bertz CT molecular complexity index is 404. The summed E-state index contributed by atoms with van der Waals surface area (Å²) in [7, 11) is 0. The summed E-state index contributed by atoms with van der Waals surface area (Å²) in [6.45, 7) is 0. The van der Waals surface area contributed by atoms with Gasteiger partial charge in [0, 0.05) is 0 Å². The lowest BCUT2D eigenvalue weighted by molar-refractivity contribution is -0.444. The highest BCUT2D eigenvalue weighted by atomic mass is 19.4. The molecule has 0 aromatic carbocycles. The summed E-state index contributed by atoms with van der Waals surface area (Å²) in [6.07, 6.45) is -26.1. The van der Waals surface area contributed by atoms with E-state index in [-0.39, 0.29) is 0 Å². The third-order valence-electron chi connectivity index (χ3n) is 1.96. The van der Waals surface area contributed by atoms with Crippen LogP contribution in [0.25, 0.3) is 0 Å². The molecule has 0 N–H and O–H groups in total. The highest BCUT2D eigenvalue weighted by Crippen LogP contribution is 2.57. The molecular weight excluding hydrogens is 344 g/mol. The first-order chi connectivity index (χ1) is 8.93. The van der Waals surface area contributed by atoms with E-state index < -0.39 is 42.0 Å². The Labute approximate surface area is 105 Å². The van der Waals surface area contributed by atoms with Gasteiger partial charge in [-0.2, -0.15) is 52.7 Å². The van der Waals surface area contributed by atoms with Crippen LogP contribution >= 0.6 is 0 Å². The molecular formula is C7F12O2. The molecule has 0 fully saturated rings. The number of rotatable bonds is 0. The Morgan fingerprint density at radius 3 is 0.905 bits per heavy atom. The van der Waals surface area contributed by atoms with Crippen molar-refractivity contribution < 1.29 is 62.2 Å². The summed E-state index contributed by atoms with van der Waals surface area (Å²) in [5, 5.41) is 0. The van der Waals surface area contributed by atoms with Gasteiger partial charge >= 0.3 is 30.5 Å². The molecule has 1 aliphatic heterocycles. The van der Waals surface area contributed by atoms with Gasteiger partial charge in [-0.1, -0.05) is 0 Å². The average Bonchev–Trinajstić information content (AvgIpc) is 2.53. The lowest BCUT2D eigenvalue weighted by Crippen LogP contribution is -2.58. The zero-order chi connectivity index (χ0) is 17.1. The molecule has 0 saturated carbocycles. The topological polar surface area (TPSA) is 18.5 Å². The summed E-state index contributed by atoms with van der Waals surface area (Å²) in [5.41, 5.74) is 0. The molecule has 0 radical (unpaired) electrons.